The molecule has 0 radical (unpaired) electrons. The summed E-state index contributed by atoms with van der Waals surface area (Å²) in [5.41, 5.74) is 0. The van der Waals surface area contributed by atoms with Crippen LogP contribution in [0.25, 0.3) is 0 Å². The van der Waals surface area contributed by atoms with Crippen LogP contribution >= 0.6 is 0 Å². The molecule has 0 aliphatic carbocycles. The maximum absolute atomic E-state index is 12.3. The number of nitrogens with one attached hydrogen (secondary N) is 1. The molecule has 0 fully saturated rings. The van der Waals surface area contributed by atoms with Crippen LogP contribution < -0.4 is 0 Å². The van der Waals surface area contributed by atoms with Gasteiger partial charge in [-0.1, -0.05) is 6.92 Å². The zero-order valence-corrected chi connectivity index (χ0v) is 10.2. The summed E-state index contributed by atoms with van der Waals surface area (Å²) < 4.78 is 36.8. The Bertz CT molecular complexity index is 402. The van der Waals surface area contributed by atoms with Crippen molar-refractivity contribution >= 4 is 5.91 Å². The molecular weight excluding hydrogens is 249 g/mol. The van der Waals surface area contributed by atoms with Crippen molar-refractivity contribution in [3.8, 4) is 0 Å². The van der Waals surface area contributed by atoms with E-state index in [0.717, 1.165) is 6.42 Å². The molecule has 8 heteroatoms. The Morgan fingerprint density at radius 2 is 2.06 bits per heavy atom. The normalized spacial score (nSPS) is 11.6. The predicted molar refractivity (Wildman–Crippen MR) is 58.0 cm³/mol. The number of carbonyl (C=O) groups excluding carboxylic acids is 1. The number of hydrogen-bond acceptors (Lipinski definition) is 3. The van der Waals surface area contributed by atoms with Crippen LogP contribution in [0.5, 0.6) is 0 Å². The molecule has 0 unspecified atom stereocenters. The number of aromatic amines is 1. The van der Waals surface area contributed by atoms with Crippen molar-refractivity contribution in [2.45, 2.75) is 32.9 Å². The number of nitrogens with zero attached hydrogens (tertiary/aromatic N) is 3. The Balaban J connectivity index is 2.76. The summed E-state index contributed by atoms with van der Waals surface area (Å²) in [7, 11) is 0. The van der Waals surface area contributed by atoms with Gasteiger partial charge in [0.15, 0.2) is 0 Å². The number of halogens is 3. The first-order valence-corrected chi connectivity index (χ1v) is 5.64. The Hall–Kier alpha value is -1.60. The van der Waals surface area contributed by atoms with Gasteiger partial charge in [-0.15, -0.1) is 5.10 Å². The Morgan fingerprint density at radius 3 is 2.56 bits per heavy atom. The summed E-state index contributed by atoms with van der Waals surface area (Å²) in [5.74, 6) is -0.526. The van der Waals surface area contributed by atoms with Crippen LogP contribution in [0.2, 0.25) is 0 Å². The van der Waals surface area contributed by atoms with Gasteiger partial charge < -0.3 is 4.90 Å². The van der Waals surface area contributed by atoms with Crippen molar-refractivity contribution < 1.29 is 18.0 Å². The standard InChI is InChI=1S/C10H15F3N4O/c1-3-5-7-14-8(16-15-7)9(18)17(4-2)6-10(11,12)13/h3-6H2,1-2H3,(H,14,15,16). The highest BCUT2D eigenvalue weighted by atomic mass is 19.4. The second kappa shape index (κ2) is 5.83. The molecular formula is C10H15F3N4O. The smallest absolute Gasteiger partial charge is 0.327 e. The van der Waals surface area contributed by atoms with Gasteiger partial charge in [0.2, 0.25) is 5.82 Å². The van der Waals surface area contributed by atoms with E-state index >= 15 is 0 Å². The minimum absolute atomic E-state index is 0.0456. The zero-order chi connectivity index (χ0) is 13.8. The first kappa shape index (κ1) is 14.5. The number of alkyl halides is 3. The molecule has 0 spiro atoms. The molecule has 102 valence electrons. The summed E-state index contributed by atoms with van der Waals surface area (Å²) in [5, 5.41) is 6.18. The fourth-order valence-electron chi connectivity index (χ4n) is 1.42. The highest BCUT2D eigenvalue weighted by Gasteiger charge is 2.33. The van der Waals surface area contributed by atoms with E-state index in [-0.39, 0.29) is 12.4 Å². The maximum atomic E-state index is 12.3. The number of rotatable bonds is 5. The molecule has 1 N–H and O–H groups in total. The lowest BCUT2D eigenvalue weighted by atomic mass is 10.3. The molecule has 0 atom stereocenters. The number of aromatic nitrogens is 3. The summed E-state index contributed by atoms with van der Waals surface area (Å²) >= 11 is 0. The van der Waals surface area contributed by atoms with Crippen LogP contribution in [0.3, 0.4) is 0 Å². The van der Waals surface area contributed by atoms with Crippen LogP contribution in [-0.4, -0.2) is 45.3 Å². The van der Waals surface area contributed by atoms with E-state index < -0.39 is 18.6 Å². The van der Waals surface area contributed by atoms with Crippen LogP contribution in [0.1, 0.15) is 36.7 Å². The lowest BCUT2D eigenvalue weighted by molar-refractivity contribution is -0.140. The first-order valence-electron chi connectivity index (χ1n) is 5.64. The first-order chi connectivity index (χ1) is 8.37. The molecule has 1 aromatic rings. The van der Waals surface area contributed by atoms with E-state index in [1.54, 1.807) is 0 Å². The minimum Gasteiger partial charge on any atom is -0.327 e. The fourth-order valence-corrected chi connectivity index (χ4v) is 1.42. The van der Waals surface area contributed by atoms with Gasteiger partial charge in [0.25, 0.3) is 5.91 Å². The van der Waals surface area contributed by atoms with Crippen LogP contribution in [0.4, 0.5) is 13.2 Å². The van der Waals surface area contributed by atoms with Crippen LogP contribution in [0, 0.1) is 0 Å². The summed E-state index contributed by atoms with van der Waals surface area (Å²) in [6.07, 6.45) is -3.01. The van der Waals surface area contributed by atoms with E-state index in [1.165, 1.54) is 6.92 Å². The average molecular weight is 264 g/mol. The second-order valence-electron chi connectivity index (χ2n) is 3.79. The Labute approximate surface area is 102 Å². The number of H-pyrrole nitrogens is 1. The molecule has 0 aliphatic rings. The zero-order valence-electron chi connectivity index (χ0n) is 10.2. The third kappa shape index (κ3) is 4.01. The van der Waals surface area contributed by atoms with E-state index in [2.05, 4.69) is 15.2 Å². The third-order valence-electron chi connectivity index (χ3n) is 2.25. The predicted octanol–water partition coefficient (Wildman–Crippen LogP) is 1.78. The summed E-state index contributed by atoms with van der Waals surface area (Å²) in [6.45, 7) is 2.06. The number of amides is 1. The molecule has 0 aliphatic heterocycles. The van der Waals surface area contributed by atoms with Crippen LogP contribution in [-0.2, 0) is 6.42 Å². The summed E-state index contributed by atoms with van der Waals surface area (Å²) in [6, 6.07) is 0. The van der Waals surface area contributed by atoms with Crippen LogP contribution in [0.15, 0.2) is 0 Å². The number of carbonyl (C=O) groups is 1. The molecule has 0 aromatic carbocycles. The average Bonchev–Trinajstić information content (AvgIpc) is 2.73. The lowest BCUT2D eigenvalue weighted by Gasteiger charge is -2.20. The minimum atomic E-state index is -4.42. The van der Waals surface area contributed by atoms with E-state index in [9.17, 15) is 18.0 Å². The maximum Gasteiger partial charge on any atom is 0.406 e. The van der Waals surface area contributed by atoms with Gasteiger partial charge in [0.05, 0.1) is 0 Å². The van der Waals surface area contributed by atoms with Gasteiger partial charge in [-0.2, -0.15) is 13.2 Å². The molecule has 1 aromatic heterocycles. The quantitative estimate of drug-likeness (QED) is 0.881. The molecule has 1 amide bonds. The van der Waals surface area contributed by atoms with Crippen molar-refractivity contribution in [2.24, 2.45) is 0 Å². The molecule has 1 rings (SSSR count). The largest absolute Gasteiger partial charge is 0.406 e. The van der Waals surface area contributed by atoms with Gasteiger partial charge in [-0.05, 0) is 13.3 Å². The van der Waals surface area contributed by atoms with Gasteiger partial charge >= 0.3 is 6.18 Å². The molecule has 1 heterocycles. The molecule has 0 saturated heterocycles. The van der Waals surface area contributed by atoms with E-state index in [4.69, 9.17) is 0 Å². The summed E-state index contributed by atoms with van der Waals surface area (Å²) in [4.78, 5) is 16.3. The topological polar surface area (TPSA) is 61.9 Å². The van der Waals surface area contributed by atoms with Gasteiger partial charge in [-0.25, -0.2) is 4.98 Å². The van der Waals surface area contributed by atoms with Crippen molar-refractivity contribution in [3.05, 3.63) is 11.6 Å². The highest BCUT2D eigenvalue weighted by molar-refractivity contribution is 5.90. The highest BCUT2D eigenvalue weighted by Crippen LogP contribution is 2.17. The molecule has 0 bridgehead atoms. The van der Waals surface area contributed by atoms with Gasteiger partial charge in [0.1, 0.15) is 12.4 Å². The fraction of sp³-hybridized carbons (Fsp3) is 0.700. The van der Waals surface area contributed by atoms with Crippen molar-refractivity contribution in [3.63, 3.8) is 0 Å². The SMILES string of the molecule is CCCc1nc(C(=O)N(CC)CC(F)(F)F)n[nH]1. The number of aryl methyl sites for hydroxylation is 1. The second-order valence-corrected chi connectivity index (χ2v) is 3.79. The van der Waals surface area contributed by atoms with Gasteiger partial charge in [-0.3, -0.25) is 9.89 Å². The monoisotopic (exact) mass is 264 g/mol. The Morgan fingerprint density at radius 1 is 1.39 bits per heavy atom. The van der Waals surface area contributed by atoms with E-state index in [1.807, 2.05) is 6.92 Å². The number of hydrogen-bond donors (Lipinski definition) is 1. The Kier molecular flexibility index (Phi) is 4.69. The molecule has 18 heavy (non-hydrogen) atoms. The molecule has 5 nitrogen and oxygen atoms in total. The van der Waals surface area contributed by atoms with E-state index in [0.29, 0.717) is 17.1 Å². The third-order valence-corrected chi connectivity index (χ3v) is 2.25. The molecule has 0 saturated carbocycles. The van der Waals surface area contributed by atoms with Crippen molar-refractivity contribution in [1.29, 1.82) is 0 Å². The lowest BCUT2D eigenvalue weighted by Crippen LogP contribution is -2.39. The van der Waals surface area contributed by atoms with Crippen molar-refractivity contribution in [2.75, 3.05) is 13.1 Å². The van der Waals surface area contributed by atoms with Crippen molar-refractivity contribution in [1.82, 2.24) is 20.1 Å². The van der Waals surface area contributed by atoms with Gasteiger partial charge in [0, 0.05) is 13.0 Å².